The van der Waals surface area contributed by atoms with Gasteiger partial charge in [0.05, 0.1) is 16.9 Å². The molecule has 0 heterocycles. The third-order valence-electron chi connectivity index (χ3n) is 4.81. The number of amides is 1. The standard InChI is InChI=1S/C21H27N3O5S/c1-6-19(21(25)22-18-10-8-7-9-17(18)14(2)3)23(30(5,28)29)20-13-16(24(26)27)12-11-15(20)4/h7-14,19H,6H2,1-5H3,(H,22,25). The summed E-state index contributed by atoms with van der Waals surface area (Å²) in [5.41, 5.74) is 1.92. The van der Waals surface area contributed by atoms with Crippen molar-refractivity contribution in [1.82, 2.24) is 0 Å². The summed E-state index contributed by atoms with van der Waals surface area (Å²) in [6.07, 6.45) is 1.17. The van der Waals surface area contributed by atoms with Crippen LogP contribution in [0.3, 0.4) is 0 Å². The Morgan fingerprint density at radius 1 is 1.20 bits per heavy atom. The number of hydrogen-bond donors (Lipinski definition) is 1. The molecule has 0 saturated carbocycles. The van der Waals surface area contributed by atoms with Crippen LogP contribution in [-0.2, 0) is 14.8 Å². The summed E-state index contributed by atoms with van der Waals surface area (Å²) in [5.74, 6) is -0.339. The average Bonchev–Trinajstić information content (AvgIpc) is 2.65. The molecule has 0 aliphatic rings. The second-order valence-electron chi connectivity index (χ2n) is 7.44. The van der Waals surface area contributed by atoms with Crippen molar-refractivity contribution in [2.75, 3.05) is 15.9 Å². The minimum Gasteiger partial charge on any atom is -0.324 e. The van der Waals surface area contributed by atoms with Gasteiger partial charge in [-0.1, -0.05) is 45.0 Å². The molecule has 2 aromatic carbocycles. The second kappa shape index (κ2) is 9.25. The topological polar surface area (TPSA) is 110 Å². The average molecular weight is 434 g/mol. The third-order valence-corrected chi connectivity index (χ3v) is 5.98. The Balaban J connectivity index is 2.53. The van der Waals surface area contributed by atoms with Gasteiger partial charge in [0.2, 0.25) is 15.9 Å². The minimum absolute atomic E-state index is 0.117. The summed E-state index contributed by atoms with van der Waals surface area (Å²) < 4.78 is 26.3. The Bertz CT molecular complexity index is 1050. The van der Waals surface area contributed by atoms with E-state index in [-0.39, 0.29) is 23.7 Å². The number of nitro benzene ring substituents is 1. The number of nitrogens with one attached hydrogen (secondary N) is 1. The molecule has 0 aromatic heterocycles. The maximum absolute atomic E-state index is 13.2. The summed E-state index contributed by atoms with van der Waals surface area (Å²) in [4.78, 5) is 23.8. The lowest BCUT2D eigenvalue weighted by Gasteiger charge is -2.31. The first kappa shape index (κ1) is 23.3. The highest BCUT2D eigenvalue weighted by molar-refractivity contribution is 7.92. The number of nitro groups is 1. The number of anilines is 2. The lowest BCUT2D eigenvalue weighted by Crippen LogP contribution is -2.47. The summed E-state index contributed by atoms with van der Waals surface area (Å²) in [6.45, 7) is 7.34. The molecule has 0 bridgehead atoms. The molecule has 162 valence electrons. The van der Waals surface area contributed by atoms with Gasteiger partial charge in [-0.25, -0.2) is 8.42 Å². The summed E-state index contributed by atoms with van der Waals surface area (Å²) in [7, 11) is -3.91. The van der Waals surface area contributed by atoms with Crippen LogP contribution in [0, 0.1) is 17.0 Å². The van der Waals surface area contributed by atoms with Crippen molar-refractivity contribution >= 4 is 33.0 Å². The van der Waals surface area contributed by atoms with Gasteiger partial charge < -0.3 is 5.32 Å². The lowest BCUT2D eigenvalue weighted by molar-refractivity contribution is -0.384. The van der Waals surface area contributed by atoms with E-state index >= 15 is 0 Å². The first-order valence-electron chi connectivity index (χ1n) is 9.61. The van der Waals surface area contributed by atoms with Crippen LogP contribution in [0.4, 0.5) is 17.1 Å². The highest BCUT2D eigenvalue weighted by Gasteiger charge is 2.33. The van der Waals surface area contributed by atoms with Gasteiger partial charge >= 0.3 is 0 Å². The van der Waals surface area contributed by atoms with Crippen LogP contribution in [0.2, 0.25) is 0 Å². The van der Waals surface area contributed by atoms with E-state index < -0.39 is 26.9 Å². The number of carbonyl (C=O) groups excluding carboxylic acids is 1. The zero-order chi connectivity index (χ0) is 22.6. The minimum atomic E-state index is -3.91. The predicted octanol–water partition coefficient (Wildman–Crippen LogP) is 4.21. The first-order chi connectivity index (χ1) is 14.0. The Morgan fingerprint density at radius 2 is 1.83 bits per heavy atom. The number of non-ortho nitro benzene ring substituents is 1. The molecule has 8 nitrogen and oxygen atoms in total. The Kier molecular flexibility index (Phi) is 7.20. The maximum atomic E-state index is 13.2. The molecule has 30 heavy (non-hydrogen) atoms. The number of rotatable bonds is 8. The molecule has 1 amide bonds. The van der Waals surface area contributed by atoms with Crippen molar-refractivity contribution in [3.63, 3.8) is 0 Å². The zero-order valence-electron chi connectivity index (χ0n) is 17.7. The number of nitrogens with zero attached hydrogens (tertiary/aromatic N) is 2. The third kappa shape index (κ3) is 5.15. The van der Waals surface area contributed by atoms with Gasteiger partial charge in [0.25, 0.3) is 5.69 Å². The number of hydrogen-bond acceptors (Lipinski definition) is 5. The molecule has 1 unspecified atom stereocenters. The molecular formula is C21H27N3O5S. The molecule has 2 aromatic rings. The quantitative estimate of drug-likeness (QED) is 0.495. The molecule has 0 radical (unpaired) electrons. The molecule has 1 N–H and O–H groups in total. The number of para-hydroxylation sites is 1. The van der Waals surface area contributed by atoms with Crippen LogP contribution in [-0.4, -0.2) is 31.5 Å². The van der Waals surface area contributed by atoms with Crippen molar-refractivity contribution in [1.29, 1.82) is 0 Å². The summed E-state index contributed by atoms with van der Waals surface area (Å²) in [6, 6.07) is 10.2. The van der Waals surface area contributed by atoms with Crippen LogP contribution in [0.5, 0.6) is 0 Å². The molecule has 1 atom stereocenters. The van der Waals surface area contributed by atoms with Crippen LogP contribution < -0.4 is 9.62 Å². The van der Waals surface area contributed by atoms with Gasteiger partial charge in [-0.15, -0.1) is 0 Å². The highest BCUT2D eigenvalue weighted by atomic mass is 32.2. The van der Waals surface area contributed by atoms with E-state index in [9.17, 15) is 23.3 Å². The van der Waals surface area contributed by atoms with E-state index in [1.54, 1.807) is 26.0 Å². The van der Waals surface area contributed by atoms with E-state index in [1.165, 1.54) is 18.2 Å². The summed E-state index contributed by atoms with van der Waals surface area (Å²) in [5, 5.41) is 14.1. The Labute approximate surface area is 177 Å². The monoisotopic (exact) mass is 433 g/mol. The molecular weight excluding hydrogens is 406 g/mol. The number of aryl methyl sites for hydroxylation is 1. The van der Waals surface area contributed by atoms with Gasteiger partial charge in [0, 0.05) is 17.8 Å². The number of sulfonamides is 1. The van der Waals surface area contributed by atoms with E-state index in [0.717, 1.165) is 16.1 Å². The van der Waals surface area contributed by atoms with Crippen LogP contribution in [0.15, 0.2) is 42.5 Å². The van der Waals surface area contributed by atoms with E-state index in [4.69, 9.17) is 0 Å². The van der Waals surface area contributed by atoms with Crippen molar-refractivity contribution in [2.45, 2.75) is 46.1 Å². The fourth-order valence-electron chi connectivity index (χ4n) is 3.31. The molecule has 0 spiro atoms. The van der Waals surface area contributed by atoms with Crippen molar-refractivity contribution < 1.29 is 18.1 Å². The maximum Gasteiger partial charge on any atom is 0.271 e. The SMILES string of the molecule is CCC(C(=O)Nc1ccccc1C(C)C)N(c1cc([N+](=O)[O-])ccc1C)S(C)(=O)=O. The number of carbonyl (C=O) groups is 1. The van der Waals surface area contributed by atoms with Gasteiger partial charge in [-0.3, -0.25) is 19.2 Å². The number of benzene rings is 2. The highest BCUT2D eigenvalue weighted by Crippen LogP contribution is 2.31. The van der Waals surface area contributed by atoms with E-state index in [1.807, 2.05) is 26.0 Å². The Hall–Kier alpha value is -2.94. The first-order valence-corrected chi connectivity index (χ1v) is 11.5. The van der Waals surface area contributed by atoms with E-state index in [2.05, 4.69) is 5.32 Å². The van der Waals surface area contributed by atoms with Crippen LogP contribution in [0.1, 0.15) is 44.2 Å². The smallest absolute Gasteiger partial charge is 0.271 e. The molecule has 0 aliphatic carbocycles. The van der Waals surface area contributed by atoms with Crippen LogP contribution >= 0.6 is 0 Å². The summed E-state index contributed by atoms with van der Waals surface area (Å²) >= 11 is 0. The molecule has 0 fully saturated rings. The van der Waals surface area contributed by atoms with Crippen molar-refractivity contribution in [3.8, 4) is 0 Å². The lowest BCUT2D eigenvalue weighted by atomic mass is 10.0. The van der Waals surface area contributed by atoms with E-state index in [0.29, 0.717) is 11.3 Å². The van der Waals surface area contributed by atoms with Crippen LogP contribution in [0.25, 0.3) is 0 Å². The zero-order valence-corrected chi connectivity index (χ0v) is 18.6. The molecule has 2 rings (SSSR count). The Morgan fingerprint density at radius 3 is 2.37 bits per heavy atom. The fraction of sp³-hybridized carbons (Fsp3) is 0.381. The molecule has 0 saturated heterocycles. The second-order valence-corrected chi connectivity index (χ2v) is 9.30. The normalized spacial score (nSPS) is 12.5. The molecule has 0 aliphatic heterocycles. The predicted molar refractivity (Wildman–Crippen MR) is 118 cm³/mol. The van der Waals surface area contributed by atoms with Crippen molar-refractivity contribution in [3.05, 3.63) is 63.7 Å². The van der Waals surface area contributed by atoms with Gasteiger partial charge in [0.1, 0.15) is 6.04 Å². The largest absolute Gasteiger partial charge is 0.324 e. The molecule has 9 heteroatoms. The van der Waals surface area contributed by atoms with Gasteiger partial charge in [0.15, 0.2) is 0 Å². The van der Waals surface area contributed by atoms with Gasteiger partial charge in [-0.2, -0.15) is 0 Å². The van der Waals surface area contributed by atoms with Crippen molar-refractivity contribution in [2.24, 2.45) is 0 Å². The van der Waals surface area contributed by atoms with Gasteiger partial charge in [-0.05, 0) is 36.5 Å². The fourth-order valence-corrected chi connectivity index (χ4v) is 4.58.